The maximum absolute atomic E-state index is 4.57. The first-order valence-electron chi connectivity index (χ1n) is 6.86. The molecule has 0 atom stereocenters. The van der Waals surface area contributed by atoms with Gasteiger partial charge in [-0.15, -0.1) is 0 Å². The summed E-state index contributed by atoms with van der Waals surface area (Å²) in [6.45, 7) is 2.83. The Morgan fingerprint density at radius 3 is 2.45 bits per heavy atom. The fraction of sp³-hybridized carbons (Fsp3) is 0.105. The second kappa shape index (κ2) is 5.70. The Kier molecular flexibility index (Phi) is 3.60. The van der Waals surface area contributed by atoms with Crippen LogP contribution < -0.4 is 0 Å². The first kappa shape index (κ1) is 12.6. The van der Waals surface area contributed by atoms with Crippen molar-refractivity contribution in [2.45, 2.75) is 13.5 Å². The molecule has 1 heteroatoms. The van der Waals surface area contributed by atoms with E-state index in [-0.39, 0.29) is 0 Å². The maximum Gasteiger partial charge on any atom is 0.0639 e. The minimum absolute atomic E-state index is 0.726. The first-order valence-corrected chi connectivity index (χ1v) is 6.86. The van der Waals surface area contributed by atoms with E-state index in [0.717, 1.165) is 6.54 Å². The Morgan fingerprint density at radius 2 is 1.60 bits per heavy atom. The second-order valence-electron chi connectivity index (χ2n) is 5.02. The van der Waals surface area contributed by atoms with Crippen molar-refractivity contribution in [1.82, 2.24) is 0 Å². The molecule has 0 bridgehead atoms. The van der Waals surface area contributed by atoms with Crippen molar-refractivity contribution in [1.29, 1.82) is 0 Å². The molecular formula is C19H17N. The largest absolute Gasteiger partial charge is 0.288 e. The van der Waals surface area contributed by atoms with Crippen LogP contribution in [-0.4, -0.2) is 6.21 Å². The van der Waals surface area contributed by atoms with Crippen LogP contribution in [0.2, 0.25) is 0 Å². The fourth-order valence-corrected chi connectivity index (χ4v) is 2.31. The summed E-state index contributed by atoms with van der Waals surface area (Å²) in [6, 6.07) is 23.3. The molecule has 0 spiro atoms. The highest BCUT2D eigenvalue weighted by molar-refractivity contribution is 5.99. The van der Waals surface area contributed by atoms with E-state index in [1.807, 2.05) is 6.21 Å². The molecule has 0 aromatic heterocycles. The van der Waals surface area contributed by atoms with E-state index in [0.29, 0.717) is 0 Å². The number of aryl methyl sites for hydroxylation is 1. The molecule has 3 rings (SSSR count). The van der Waals surface area contributed by atoms with Crippen LogP contribution in [0.25, 0.3) is 10.8 Å². The fourth-order valence-electron chi connectivity index (χ4n) is 2.31. The molecule has 0 aliphatic rings. The molecule has 98 valence electrons. The van der Waals surface area contributed by atoms with Gasteiger partial charge in [0.15, 0.2) is 0 Å². The lowest BCUT2D eigenvalue weighted by molar-refractivity contribution is 1.07. The Labute approximate surface area is 119 Å². The van der Waals surface area contributed by atoms with Crippen LogP contribution in [0, 0.1) is 6.92 Å². The molecule has 0 aliphatic carbocycles. The van der Waals surface area contributed by atoms with Gasteiger partial charge in [-0.3, -0.25) is 4.99 Å². The van der Waals surface area contributed by atoms with E-state index in [4.69, 9.17) is 0 Å². The first-order chi connectivity index (χ1) is 9.83. The summed E-state index contributed by atoms with van der Waals surface area (Å²) in [5.41, 5.74) is 3.70. The summed E-state index contributed by atoms with van der Waals surface area (Å²) < 4.78 is 0. The van der Waals surface area contributed by atoms with Gasteiger partial charge in [0.1, 0.15) is 0 Å². The zero-order valence-electron chi connectivity index (χ0n) is 11.6. The predicted molar refractivity (Wildman–Crippen MR) is 86.4 cm³/mol. The van der Waals surface area contributed by atoms with Gasteiger partial charge in [-0.1, -0.05) is 72.3 Å². The third-order valence-corrected chi connectivity index (χ3v) is 3.45. The van der Waals surface area contributed by atoms with Crippen LogP contribution in [0.15, 0.2) is 71.7 Å². The molecule has 0 radical (unpaired) electrons. The number of aliphatic imine (C=N–C) groups is 1. The van der Waals surface area contributed by atoms with Crippen LogP contribution >= 0.6 is 0 Å². The van der Waals surface area contributed by atoms with Crippen LogP contribution in [0.3, 0.4) is 0 Å². The quantitative estimate of drug-likeness (QED) is 0.601. The molecule has 3 aromatic carbocycles. The SMILES string of the molecule is Cc1ccc(CN=Cc2cccc3ccccc23)cc1. The lowest BCUT2D eigenvalue weighted by Crippen LogP contribution is -1.86. The van der Waals surface area contributed by atoms with Gasteiger partial charge in [0.25, 0.3) is 0 Å². The highest BCUT2D eigenvalue weighted by Crippen LogP contribution is 2.17. The summed E-state index contributed by atoms with van der Waals surface area (Å²) >= 11 is 0. The van der Waals surface area contributed by atoms with Gasteiger partial charge in [0.2, 0.25) is 0 Å². The number of nitrogens with zero attached hydrogens (tertiary/aromatic N) is 1. The van der Waals surface area contributed by atoms with E-state index < -0.39 is 0 Å². The van der Waals surface area contributed by atoms with E-state index in [1.165, 1.54) is 27.5 Å². The van der Waals surface area contributed by atoms with Crippen molar-refractivity contribution in [3.05, 3.63) is 83.4 Å². The minimum Gasteiger partial charge on any atom is -0.288 e. The van der Waals surface area contributed by atoms with Gasteiger partial charge >= 0.3 is 0 Å². The summed E-state index contributed by atoms with van der Waals surface area (Å²) in [6.07, 6.45) is 1.97. The number of hydrogen-bond donors (Lipinski definition) is 0. The molecular weight excluding hydrogens is 242 g/mol. The van der Waals surface area contributed by atoms with Crippen LogP contribution in [0.5, 0.6) is 0 Å². The summed E-state index contributed by atoms with van der Waals surface area (Å²) in [5, 5.41) is 2.51. The summed E-state index contributed by atoms with van der Waals surface area (Å²) in [5.74, 6) is 0. The lowest BCUT2D eigenvalue weighted by atomic mass is 10.1. The van der Waals surface area contributed by atoms with Crippen molar-refractivity contribution in [2.75, 3.05) is 0 Å². The number of rotatable bonds is 3. The minimum atomic E-state index is 0.726. The van der Waals surface area contributed by atoms with Gasteiger partial charge in [-0.05, 0) is 23.3 Å². The molecule has 0 heterocycles. The topological polar surface area (TPSA) is 12.4 Å². The third kappa shape index (κ3) is 2.77. The smallest absolute Gasteiger partial charge is 0.0639 e. The average molecular weight is 259 g/mol. The molecule has 1 nitrogen and oxygen atoms in total. The zero-order chi connectivity index (χ0) is 13.8. The average Bonchev–Trinajstić information content (AvgIpc) is 2.49. The highest BCUT2D eigenvalue weighted by Gasteiger charge is 1.96. The molecule has 0 unspecified atom stereocenters. The monoisotopic (exact) mass is 259 g/mol. The van der Waals surface area contributed by atoms with Crippen molar-refractivity contribution in [3.8, 4) is 0 Å². The molecule has 0 aliphatic heterocycles. The maximum atomic E-state index is 4.57. The zero-order valence-corrected chi connectivity index (χ0v) is 11.6. The third-order valence-electron chi connectivity index (χ3n) is 3.45. The van der Waals surface area contributed by atoms with Gasteiger partial charge in [0.05, 0.1) is 6.54 Å². The lowest BCUT2D eigenvalue weighted by Gasteiger charge is -2.01. The number of benzene rings is 3. The van der Waals surface area contributed by atoms with Crippen molar-refractivity contribution >= 4 is 17.0 Å². The Morgan fingerprint density at radius 1 is 0.850 bits per heavy atom. The van der Waals surface area contributed by atoms with Crippen LogP contribution in [0.4, 0.5) is 0 Å². The second-order valence-corrected chi connectivity index (χ2v) is 5.02. The van der Waals surface area contributed by atoms with E-state index in [2.05, 4.69) is 78.6 Å². The van der Waals surface area contributed by atoms with Gasteiger partial charge in [0, 0.05) is 11.8 Å². The number of hydrogen-bond acceptors (Lipinski definition) is 1. The highest BCUT2D eigenvalue weighted by atomic mass is 14.7. The Balaban J connectivity index is 1.82. The molecule has 0 N–H and O–H groups in total. The number of fused-ring (bicyclic) bond motifs is 1. The molecule has 0 saturated carbocycles. The summed E-state index contributed by atoms with van der Waals surface area (Å²) in [4.78, 5) is 4.57. The van der Waals surface area contributed by atoms with Gasteiger partial charge in [-0.25, -0.2) is 0 Å². The Bertz CT molecular complexity index is 734. The molecule has 20 heavy (non-hydrogen) atoms. The van der Waals surface area contributed by atoms with Crippen LogP contribution in [0.1, 0.15) is 16.7 Å². The predicted octanol–water partition coefficient (Wildman–Crippen LogP) is 4.77. The molecule has 0 saturated heterocycles. The normalized spacial score (nSPS) is 11.2. The standard InChI is InChI=1S/C19H17N/c1-15-9-11-16(12-10-15)13-20-14-18-7-4-6-17-5-2-3-8-19(17)18/h2-12,14H,13H2,1H3. The van der Waals surface area contributed by atoms with Crippen LogP contribution in [-0.2, 0) is 6.54 Å². The molecule has 0 fully saturated rings. The van der Waals surface area contributed by atoms with E-state index >= 15 is 0 Å². The molecule has 0 amide bonds. The van der Waals surface area contributed by atoms with Crippen molar-refractivity contribution in [2.24, 2.45) is 4.99 Å². The van der Waals surface area contributed by atoms with Gasteiger partial charge in [-0.2, -0.15) is 0 Å². The van der Waals surface area contributed by atoms with Crippen molar-refractivity contribution < 1.29 is 0 Å². The Hall–Kier alpha value is -2.41. The molecule has 3 aromatic rings. The van der Waals surface area contributed by atoms with E-state index in [1.54, 1.807) is 0 Å². The van der Waals surface area contributed by atoms with E-state index in [9.17, 15) is 0 Å². The summed E-state index contributed by atoms with van der Waals surface area (Å²) in [7, 11) is 0. The van der Waals surface area contributed by atoms with Crippen molar-refractivity contribution in [3.63, 3.8) is 0 Å². The van der Waals surface area contributed by atoms with Gasteiger partial charge < -0.3 is 0 Å².